The largest absolute Gasteiger partial charge is 0.398 e. The lowest BCUT2D eigenvalue weighted by Crippen LogP contribution is -2.30. The molecular formula is C10H13ClN2O4S. The van der Waals surface area contributed by atoms with Gasteiger partial charge in [-0.3, -0.25) is 0 Å². The number of rotatable bonds is 2. The van der Waals surface area contributed by atoms with E-state index in [-0.39, 0.29) is 23.7 Å². The second kappa shape index (κ2) is 4.67. The van der Waals surface area contributed by atoms with Crippen LogP contribution in [0.3, 0.4) is 0 Å². The van der Waals surface area contributed by atoms with Crippen LogP contribution in [-0.4, -0.2) is 48.2 Å². The highest BCUT2D eigenvalue weighted by Crippen LogP contribution is 2.27. The summed E-state index contributed by atoms with van der Waals surface area (Å²) in [6.45, 7) is -0.295. The number of nitrogens with two attached hydrogens (primary N) is 1. The van der Waals surface area contributed by atoms with Crippen molar-refractivity contribution in [2.75, 3.05) is 18.8 Å². The summed E-state index contributed by atoms with van der Waals surface area (Å²) >= 11 is 5.70. The first-order chi connectivity index (χ1) is 8.32. The fourth-order valence-corrected chi connectivity index (χ4v) is 3.58. The average molecular weight is 293 g/mol. The molecular weight excluding hydrogens is 280 g/mol. The number of β-amino-alcohol motifs (C(OH)–C–C–N with tert-alkyl or cyclic N) is 2. The first kappa shape index (κ1) is 13.6. The Labute approximate surface area is 110 Å². The quantitative estimate of drug-likeness (QED) is 0.646. The van der Waals surface area contributed by atoms with E-state index < -0.39 is 22.2 Å². The molecule has 0 bridgehead atoms. The molecule has 1 aromatic rings. The van der Waals surface area contributed by atoms with Crippen LogP contribution in [0.1, 0.15) is 0 Å². The number of benzene rings is 1. The van der Waals surface area contributed by atoms with Gasteiger partial charge >= 0.3 is 0 Å². The van der Waals surface area contributed by atoms with Gasteiger partial charge in [0.05, 0.1) is 17.9 Å². The van der Waals surface area contributed by atoms with Gasteiger partial charge in [-0.05, 0) is 18.2 Å². The maximum atomic E-state index is 12.2. The van der Waals surface area contributed by atoms with Crippen LogP contribution < -0.4 is 5.73 Å². The normalized spacial score (nSPS) is 25.5. The number of aliphatic hydroxyl groups is 2. The Morgan fingerprint density at radius 1 is 1.28 bits per heavy atom. The lowest BCUT2D eigenvalue weighted by molar-refractivity contribution is 0.0572. The third-order valence-corrected chi connectivity index (χ3v) is 4.96. The molecule has 4 N–H and O–H groups in total. The van der Waals surface area contributed by atoms with Gasteiger partial charge in [0.2, 0.25) is 10.0 Å². The first-order valence-electron chi connectivity index (χ1n) is 5.23. The zero-order valence-electron chi connectivity index (χ0n) is 9.32. The summed E-state index contributed by atoms with van der Waals surface area (Å²) in [5, 5.41) is 19.1. The summed E-state index contributed by atoms with van der Waals surface area (Å²) in [6, 6.07) is 4.08. The first-order valence-corrected chi connectivity index (χ1v) is 7.05. The lowest BCUT2D eigenvalue weighted by atomic mass is 10.3. The van der Waals surface area contributed by atoms with Crippen LogP contribution in [-0.2, 0) is 10.0 Å². The van der Waals surface area contributed by atoms with Crippen LogP contribution in [0.25, 0.3) is 0 Å². The Kier molecular flexibility index (Phi) is 3.52. The minimum Gasteiger partial charge on any atom is -0.398 e. The van der Waals surface area contributed by atoms with Gasteiger partial charge in [0, 0.05) is 18.1 Å². The molecule has 0 spiro atoms. The molecule has 100 valence electrons. The number of nitrogen functional groups attached to an aromatic ring is 1. The molecule has 1 fully saturated rings. The Hall–Kier alpha value is -0.860. The molecule has 2 atom stereocenters. The maximum Gasteiger partial charge on any atom is 0.245 e. The number of sulfonamides is 1. The summed E-state index contributed by atoms with van der Waals surface area (Å²) in [5.74, 6) is 0. The molecule has 0 saturated carbocycles. The third-order valence-electron chi connectivity index (χ3n) is 2.82. The number of anilines is 1. The minimum atomic E-state index is -3.82. The predicted octanol–water partition coefficient (Wildman–Crippen LogP) is -0.352. The molecule has 0 unspecified atom stereocenters. The summed E-state index contributed by atoms with van der Waals surface area (Å²) in [4.78, 5) is -0.0757. The van der Waals surface area contributed by atoms with Gasteiger partial charge in [-0.15, -0.1) is 0 Å². The molecule has 18 heavy (non-hydrogen) atoms. The molecule has 1 aliphatic rings. The highest BCUT2D eigenvalue weighted by molar-refractivity contribution is 7.89. The van der Waals surface area contributed by atoms with Crippen molar-refractivity contribution in [3.8, 4) is 0 Å². The highest BCUT2D eigenvalue weighted by atomic mass is 35.5. The topological polar surface area (TPSA) is 104 Å². The van der Waals surface area contributed by atoms with E-state index in [9.17, 15) is 18.6 Å². The van der Waals surface area contributed by atoms with E-state index in [0.717, 1.165) is 4.31 Å². The number of aliphatic hydroxyl groups excluding tert-OH is 2. The molecule has 0 amide bonds. The predicted molar refractivity (Wildman–Crippen MR) is 66.6 cm³/mol. The second-order valence-corrected chi connectivity index (χ2v) is 6.48. The number of hydrogen-bond acceptors (Lipinski definition) is 5. The van der Waals surface area contributed by atoms with E-state index in [1.54, 1.807) is 0 Å². The zero-order valence-corrected chi connectivity index (χ0v) is 10.9. The van der Waals surface area contributed by atoms with Crippen molar-refractivity contribution in [3.63, 3.8) is 0 Å². The van der Waals surface area contributed by atoms with Gasteiger partial charge in [-0.2, -0.15) is 4.31 Å². The summed E-state index contributed by atoms with van der Waals surface area (Å²) < 4.78 is 25.5. The highest BCUT2D eigenvalue weighted by Gasteiger charge is 2.38. The van der Waals surface area contributed by atoms with Gasteiger partial charge in [0.15, 0.2) is 0 Å². The van der Waals surface area contributed by atoms with Gasteiger partial charge < -0.3 is 15.9 Å². The van der Waals surface area contributed by atoms with Gasteiger partial charge in [-0.1, -0.05) is 11.6 Å². The molecule has 1 aromatic carbocycles. The standard InChI is InChI=1S/C10H13ClN2O4S/c11-6-1-2-10(7(12)3-6)18(16,17)13-4-8(14)9(15)5-13/h1-3,8-9,14-15H,4-5,12H2/t8-,9+. The van der Waals surface area contributed by atoms with E-state index in [0.29, 0.717) is 5.02 Å². The minimum absolute atomic E-state index is 0.0402. The van der Waals surface area contributed by atoms with E-state index in [2.05, 4.69) is 0 Å². The number of nitrogens with zero attached hydrogens (tertiary/aromatic N) is 1. The van der Waals surface area contributed by atoms with Crippen molar-refractivity contribution in [2.24, 2.45) is 0 Å². The summed E-state index contributed by atoms with van der Waals surface area (Å²) in [5.41, 5.74) is 5.67. The molecule has 0 aliphatic carbocycles. The molecule has 1 aliphatic heterocycles. The van der Waals surface area contributed by atoms with E-state index in [1.807, 2.05) is 0 Å². The third kappa shape index (κ3) is 2.32. The molecule has 0 radical (unpaired) electrons. The van der Waals surface area contributed by atoms with E-state index in [1.165, 1.54) is 18.2 Å². The Morgan fingerprint density at radius 3 is 2.33 bits per heavy atom. The molecule has 2 rings (SSSR count). The van der Waals surface area contributed by atoms with Crippen molar-refractivity contribution >= 4 is 27.3 Å². The van der Waals surface area contributed by atoms with E-state index >= 15 is 0 Å². The average Bonchev–Trinajstić information content (AvgIpc) is 2.59. The van der Waals surface area contributed by atoms with E-state index in [4.69, 9.17) is 17.3 Å². The van der Waals surface area contributed by atoms with Crippen molar-refractivity contribution in [1.82, 2.24) is 4.31 Å². The molecule has 6 nitrogen and oxygen atoms in total. The lowest BCUT2D eigenvalue weighted by Gasteiger charge is -2.16. The van der Waals surface area contributed by atoms with Crippen LogP contribution in [0.15, 0.2) is 23.1 Å². The Balaban J connectivity index is 2.37. The number of hydrogen-bond donors (Lipinski definition) is 3. The Bertz CT molecular complexity index is 553. The van der Waals surface area contributed by atoms with Gasteiger partial charge in [0.25, 0.3) is 0 Å². The van der Waals surface area contributed by atoms with Gasteiger partial charge in [-0.25, -0.2) is 8.42 Å². The smallest absolute Gasteiger partial charge is 0.245 e. The SMILES string of the molecule is Nc1cc(Cl)ccc1S(=O)(=O)N1C[C@@H](O)[C@@H](O)C1. The van der Waals surface area contributed by atoms with Crippen LogP contribution >= 0.6 is 11.6 Å². The zero-order chi connectivity index (χ0) is 13.5. The summed E-state index contributed by atoms with van der Waals surface area (Å²) in [6.07, 6.45) is -2.15. The van der Waals surface area contributed by atoms with Crippen LogP contribution in [0.2, 0.25) is 5.02 Å². The summed E-state index contributed by atoms with van der Waals surface area (Å²) in [7, 11) is -3.82. The Morgan fingerprint density at radius 2 is 1.83 bits per heavy atom. The van der Waals surface area contributed by atoms with Crippen molar-refractivity contribution < 1.29 is 18.6 Å². The van der Waals surface area contributed by atoms with Crippen LogP contribution in [0.5, 0.6) is 0 Å². The maximum absolute atomic E-state index is 12.2. The van der Waals surface area contributed by atoms with Crippen LogP contribution in [0.4, 0.5) is 5.69 Å². The van der Waals surface area contributed by atoms with Crippen molar-refractivity contribution in [3.05, 3.63) is 23.2 Å². The molecule has 1 saturated heterocycles. The molecule has 1 heterocycles. The number of halogens is 1. The molecule has 8 heteroatoms. The fourth-order valence-electron chi connectivity index (χ4n) is 1.82. The monoisotopic (exact) mass is 292 g/mol. The van der Waals surface area contributed by atoms with Gasteiger partial charge in [0.1, 0.15) is 4.90 Å². The van der Waals surface area contributed by atoms with Crippen LogP contribution in [0, 0.1) is 0 Å². The fraction of sp³-hybridized carbons (Fsp3) is 0.400. The van der Waals surface area contributed by atoms with Crippen molar-refractivity contribution in [1.29, 1.82) is 0 Å². The van der Waals surface area contributed by atoms with Crippen molar-refractivity contribution in [2.45, 2.75) is 17.1 Å². The molecule has 0 aromatic heterocycles. The second-order valence-electron chi connectivity index (χ2n) is 4.14.